The topological polar surface area (TPSA) is 55.8 Å². The second kappa shape index (κ2) is 9.33. The lowest BCUT2D eigenvalue weighted by Gasteiger charge is -2.33. The summed E-state index contributed by atoms with van der Waals surface area (Å²) in [5.74, 6) is 0. The minimum atomic E-state index is -0.0925. The molecule has 2 amide bonds. The van der Waals surface area contributed by atoms with E-state index in [-0.39, 0.29) is 18.7 Å². The quantitative estimate of drug-likeness (QED) is 0.755. The highest BCUT2D eigenvalue weighted by atomic mass is 16.3. The van der Waals surface area contributed by atoms with E-state index in [1.54, 1.807) is 4.90 Å². The molecule has 1 heterocycles. The molecule has 0 bridgehead atoms. The van der Waals surface area contributed by atoms with Crippen molar-refractivity contribution in [3.63, 3.8) is 0 Å². The van der Waals surface area contributed by atoms with Gasteiger partial charge < -0.3 is 15.3 Å². The largest absolute Gasteiger partial charge is 0.395 e. The minimum Gasteiger partial charge on any atom is -0.395 e. The molecular weight excluding hydrogens is 290 g/mol. The molecule has 1 fully saturated rings. The Morgan fingerprint density at radius 3 is 2.65 bits per heavy atom. The molecule has 2 rings (SSSR count). The number of amides is 2. The van der Waals surface area contributed by atoms with Crippen molar-refractivity contribution in [3.05, 3.63) is 48.6 Å². The summed E-state index contributed by atoms with van der Waals surface area (Å²) in [4.78, 5) is 16.5. The Morgan fingerprint density at radius 1 is 1.35 bits per heavy atom. The van der Waals surface area contributed by atoms with Gasteiger partial charge in [-0.2, -0.15) is 0 Å². The van der Waals surface area contributed by atoms with Crippen LogP contribution < -0.4 is 5.32 Å². The van der Waals surface area contributed by atoms with Gasteiger partial charge in [-0.3, -0.25) is 4.90 Å². The lowest BCUT2D eigenvalue weighted by Crippen LogP contribution is -2.49. The highest BCUT2D eigenvalue weighted by Gasteiger charge is 2.22. The number of hydrogen-bond donors (Lipinski definition) is 2. The molecule has 5 heteroatoms. The van der Waals surface area contributed by atoms with E-state index >= 15 is 0 Å². The van der Waals surface area contributed by atoms with Crippen LogP contribution in [0.25, 0.3) is 0 Å². The predicted octanol–water partition coefficient (Wildman–Crippen LogP) is 1.84. The molecular formula is C18H27N3O2. The number of aliphatic hydroxyl groups is 1. The second-order valence-corrected chi connectivity index (χ2v) is 5.94. The van der Waals surface area contributed by atoms with Crippen LogP contribution in [-0.4, -0.2) is 59.8 Å². The van der Waals surface area contributed by atoms with Gasteiger partial charge in [0.05, 0.1) is 6.61 Å². The summed E-state index contributed by atoms with van der Waals surface area (Å²) in [6.07, 6.45) is 3.83. The third-order valence-electron chi connectivity index (χ3n) is 4.18. The van der Waals surface area contributed by atoms with Crippen molar-refractivity contribution in [3.8, 4) is 0 Å². The van der Waals surface area contributed by atoms with Crippen LogP contribution in [0.4, 0.5) is 4.79 Å². The van der Waals surface area contributed by atoms with Crippen LogP contribution in [0.1, 0.15) is 18.4 Å². The second-order valence-electron chi connectivity index (χ2n) is 5.94. The molecule has 2 N–H and O–H groups in total. The van der Waals surface area contributed by atoms with Crippen LogP contribution in [0.5, 0.6) is 0 Å². The van der Waals surface area contributed by atoms with Gasteiger partial charge in [0.15, 0.2) is 0 Å². The van der Waals surface area contributed by atoms with Gasteiger partial charge >= 0.3 is 6.03 Å². The standard InChI is InChI=1S/C18H27N3O2/c1-2-10-20-11-8-17(9-12-20)19-18(23)21(13-14-22)15-16-6-4-3-5-7-16/h2-7,17,22H,1,8-15H2,(H,19,23). The molecule has 0 aromatic heterocycles. The number of hydrogen-bond acceptors (Lipinski definition) is 3. The lowest BCUT2D eigenvalue weighted by molar-refractivity contribution is 0.160. The van der Waals surface area contributed by atoms with Gasteiger partial charge in [-0.1, -0.05) is 36.4 Å². The van der Waals surface area contributed by atoms with Crippen LogP contribution in [-0.2, 0) is 6.54 Å². The van der Waals surface area contributed by atoms with E-state index in [4.69, 9.17) is 0 Å². The van der Waals surface area contributed by atoms with Crippen molar-refractivity contribution in [2.75, 3.05) is 32.8 Å². The first-order valence-electron chi connectivity index (χ1n) is 8.26. The number of likely N-dealkylation sites (tertiary alicyclic amines) is 1. The third kappa shape index (κ3) is 5.69. The highest BCUT2D eigenvalue weighted by Crippen LogP contribution is 2.11. The smallest absolute Gasteiger partial charge is 0.317 e. The summed E-state index contributed by atoms with van der Waals surface area (Å²) in [6.45, 7) is 7.47. The van der Waals surface area contributed by atoms with Crippen molar-refractivity contribution < 1.29 is 9.90 Å². The van der Waals surface area contributed by atoms with Crippen molar-refractivity contribution in [1.82, 2.24) is 15.1 Å². The first-order valence-corrected chi connectivity index (χ1v) is 8.26. The maximum Gasteiger partial charge on any atom is 0.317 e. The number of rotatable bonds is 7. The molecule has 126 valence electrons. The third-order valence-corrected chi connectivity index (χ3v) is 4.18. The van der Waals surface area contributed by atoms with Gasteiger partial charge in [-0.05, 0) is 18.4 Å². The van der Waals surface area contributed by atoms with E-state index in [9.17, 15) is 9.90 Å². The zero-order chi connectivity index (χ0) is 16.5. The number of carbonyl (C=O) groups is 1. The summed E-state index contributed by atoms with van der Waals surface area (Å²) in [5, 5.41) is 12.3. The fourth-order valence-electron chi connectivity index (χ4n) is 2.89. The molecule has 0 aliphatic carbocycles. The maximum atomic E-state index is 12.5. The molecule has 1 saturated heterocycles. The number of nitrogens with one attached hydrogen (secondary N) is 1. The molecule has 0 saturated carbocycles. The van der Waals surface area contributed by atoms with E-state index in [2.05, 4.69) is 16.8 Å². The maximum absolute atomic E-state index is 12.5. The van der Waals surface area contributed by atoms with Crippen LogP contribution >= 0.6 is 0 Å². The summed E-state index contributed by atoms with van der Waals surface area (Å²) >= 11 is 0. The number of piperidine rings is 1. The number of urea groups is 1. The van der Waals surface area contributed by atoms with Gasteiger partial charge in [0.1, 0.15) is 0 Å². The molecule has 1 aliphatic heterocycles. The molecule has 0 unspecified atom stereocenters. The predicted molar refractivity (Wildman–Crippen MR) is 92.1 cm³/mol. The van der Waals surface area contributed by atoms with Crippen molar-refractivity contribution in [1.29, 1.82) is 0 Å². The SMILES string of the molecule is C=CCN1CCC(NC(=O)N(CCO)Cc2ccccc2)CC1. The summed E-state index contributed by atoms with van der Waals surface area (Å²) < 4.78 is 0. The Balaban J connectivity index is 1.85. The van der Waals surface area contributed by atoms with Crippen LogP contribution in [0.2, 0.25) is 0 Å². The first-order chi connectivity index (χ1) is 11.2. The molecule has 0 spiro atoms. The van der Waals surface area contributed by atoms with E-state index in [1.165, 1.54) is 0 Å². The zero-order valence-electron chi connectivity index (χ0n) is 13.7. The average molecular weight is 317 g/mol. The zero-order valence-corrected chi connectivity index (χ0v) is 13.7. The average Bonchev–Trinajstić information content (AvgIpc) is 2.57. The fraction of sp³-hybridized carbons (Fsp3) is 0.500. The molecule has 1 aromatic carbocycles. The van der Waals surface area contributed by atoms with Crippen LogP contribution in [0.3, 0.4) is 0 Å². The summed E-state index contributed by atoms with van der Waals surface area (Å²) in [7, 11) is 0. The highest BCUT2D eigenvalue weighted by molar-refractivity contribution is 5.74. The number of benzene rings is 1. The van der Waals surface area contributed by atoms with Crippen LogP contribution in [0, 0.1) is 0 Å². The summed E-state index contributed by atoms with van der Waals surface area (Å²) in [5.41, 5.74) is 1.07. The molecule has 0 radical (unpaired) electrons. The van der Waals surface area contributed by atoms with Gasteiger partial charge in [0, 0.05) is 38.8 Å². The number of aliphatic hydroxyl groups excluding tert-OH is 1. The van der Waals surface area contributed by atoms with Gasteiger partial charge in [-0.25, -0.2) is 4.79 Å². The molecule has 5 nitrogen and oxygen atoms in total. The Bertz CT molecular complexity index is 484. The van der Waals surface area contributed by atoms with E-state index in [0.29, 0.717) is 13.1 Å². The fourth-order valence-corrected chi connectivity index (χ4v) is 2.89. The minimum absolute atomic E-state index is 0.0297. The Kier molecular flexibility index (Phi) is 7.10. The molecule has 23 heavy (non-hydrogen) atoms. The van der Waals surface area contributed by atoms with Gasteiger partial charge in [0.25, 0.3) is 0 Å². The number of carbonyl (C=O) groups excluding carboxylic acids is 1. The Labute approximate surface area is 138 Å². The van der Waals surface area contributed by atoms with Crippen molar-refractivity contribution >= 4 is 6.03 Å². The monoisotopic (exact) mass is 317 g/mol. The normalized spacial score (nSPS) is 16.0. The van der Waals surface area contributed by atoms with Gasteiger partial charge in [0.2, 0.25) is 0 Å². The lowest BCUT2D eigenvalue weighted by atomic mass is 10.1. The first kappa shape index (κ1) is 17.5. The molecule has 1 aliphatic rings. The number of nitrogens with zero attached hydrogens (tertiary/aromatic N) is 2. The molecule has 0 atom stereocenters. The van der Waals surface area contributed by atoms with E-state index in [0.717, 1.165) is 38.0 Å². The van der Waals surface area contributed by atoms with E-state index < -0.39 is 0 Å². The van der Waals surface area contributed by atoms with Crippen molar-refractivity contribution in [2.24, 2.45) is 0 Å². The van der Waals surface area contributed by atoms with Gasteiger partial charge in [-0.15, -0.1) is 6.58 Å². The molecule has 1 aromatic rings. The Hall–Kier alpha value is -1.85. The summed E-state index contributed by atoms with van der Waals surface area (Å²) in [6, 6.07) is 9.97. The van der Waals surface area contributed by atoms with E-state index in [1.807, 2.05) is 36.4 Å². The Morgan fingerprint density at radius 2 is 2.04 bits per heavy atom. The van der Waals surface area contributed by atoms with Crippen molar-refractivity contribution in [2.45, 2.75) is 25.4 Å². The van der Waals surface area contributed by atoms with Crippen LogP contribution in [0.15, 0.2) is 43.0 Å².